The molecule has 1 aromatic rings. The van der Waals surface area contributed by atoms with Crippen LogP contribution in [0.25, 0.3) is 0 Å². The number of hydrogen-bond donors (Lipinski definition) is 0. The van der Waals surface area contributed by atoms with Gasteiger partial charge in [-0.1, -0.05) is 38.5 Å². The maximum atomic E-state index is 11.4. The summed E-state index contributed by atoms with van der Waals surface area (Å²) in [4.78, 5) is 0. The Balaban J connectivity index is 3.23. The third-order valence-electron chi connectivity index (χ3n) is 1.94. The highest BCUT2D eigenvalue weighted by Crippen LogP contribution is 2.31. The summed E-state index contributed by atoms with van der Waals surface area (Å²) in [5.41, 5.74) is 2.02. The summed E-state index contributed by atoms with van der Waals surface area (Å²) < 4.78 is 0. The molecule has 0 aliphatic rings. The zero-order valence-electron chi connectivity index (χ0n) is 8.14. The van der Waals surface area contributed by atoms with Crippen molar-refractivity contribution in [2.24, 2.45) is 0 Å². The Morgan fingerprint density at radius 3 is 2.17 bits per heavy atom. The summed E-state index contributed by atoms with van der Waals surface area (Å²) in [5.74, 6) is 0.146. The molecule has 1 rings (SSSR count). The Morgan fingerprint density at radius 2 is 1.75 bits per heavy atom. The van der Waals surface area contributed by atoms with Crippen LogP contribution in [0, 0.1) is 6.92 Å². The van der Waals surface area contributed by atoms with E-state index in [1.165, 1.54) is 0 Å². The smallest absolute Gasteiger partial charge is 0.182 e. The maximum absolute atomic E-state index is 11.4. The lowest BCUT2D eigenvalue weighted by Gasteiger charge is -2.19. The first-order chi connectivity index (χ1) is 5.41. The molecule has 1 aromatic carbocycles. The summed E-state index contributed by atoms with van der Waals surface area (Å²) in [5, 5.41) is 11.4. The van der Waals surface area contributed by atoms with Gasteiger partial charge in [0, 0.05) is 5.56 Å². The Hall–Kier alpha value is -0.980. The van der Waals surface area contributed by atoms with Crippen LogP contribution < -0.4 is 0 Å². The molecule has 0 amide bonds. The summed E-state index contributed by atoms with van der Waals surface area (Å²) in [6.07, 6.45) is 0. The highest BCUT2D eigenvalue weighted by atomic mass is 16.3. The summed E-state index contributed by atoms with van der Waals surface area (Å²) in [6.45, 7) is 8.18. The van der Waals surface area contributed by atoms with Gasteiger partial charge in [0.15, 0.2) is 5.75 Å². The van der Waals surface area contributed by atoms with Gasteiger partial charge in [-0.3, -0.25) is 5.11 Å². The standard InChI is InChI=1S/C11H15O/c1-8-5-6-10(12)9(7-8)11(2,3)4/h5-7H,1-4H3. The van der Waals surface area contributed by atoms with Crippen molar-refractivity contribution in [2.75, 3.05) is 0 Å². The minimum atomic E-state index is -0.0386. The molecule has 0 atom stereocenters. The average Bonchev–Trinajstić information content (AvgIpc) is 1.92. The molecule has 1 radical (unpaired) electrons. The van der Waals surface area contributed by atoms with Gasteiger partial charge in [-0.2, -0.15) is 0 Å². The lowest BCUT2D eigenvalue weighted by molar-refractivity contribution is 0.340. The number of hydrogen-bond acceptors (Lipinski definition) is 0. The first kappa shape index (κ1) is 9.11. The molecule has 0 bridgehead atoms. The van der Waals surface area contributed by atoms with Gasteiger partial charge in [-0.15, -0.1) is 0 Å². The maximum Gasteiger partial charge on any atom is 0.182 e. The van der Waals surface area contributed by atoms with Crippen LogP contribution in [-0.4, -0.2) is 0 Å². The summed E-state index contributed by atoms with van der Waals surface area (Å²) in [7, 11) is 0. The van der Waals surface area contributed by atoms with Crippen molar-refractivity contribution in [3.05, 3.63) is 29.3 Å². The van der Waals surface area contributed by atoms with Crippen LogP contribution in [0.3, 0.4) is 0 Å². The molecule has 1 nitrogen and oxygen atoms in total. The molecular weight excluding hydrogens is 148 g/mol. The Kier molecular flexibility index (Phi) is 2.14. The highest BCUT2D eigenvalue weighted by molar-refractivity contribution is 5.39. The van der Waals surface area contributed by atoms with E-state index >= 15 is 0 Å². The quantitative estimate of drug-likeness (QED) is 0.558. The molecule has 0 aromatic heterocycles. The number of rotatable bonds is 0. The van der Waals surface area contributed by atoms with Gasteiger partial charge in [-0.05, 0) is 18.4 Å². The van der Waals surface area contributed by atoms with Crippen molar-refractivity contribution >= 4 is 0 Å². The second-order valence-corrected chi connectivity index (χ2v) is 4.25. The SMILES string of the molecule is Cc1ccc([O])c(C(C)(C)C)c1. The highest BCUT2D eigenvalue weighted by Gasteiger charge is 2.18. The molecule has 12 heavy (non-hydrogen) atoms. The predicted molar refractivity (Wildman–Crippen MR) is 50.0 cm³/mol. The molecule has 65 valence electrons. The molecule has 0 saturated carbocycles. The second-order valence-electron chi connectivity index (χ2n) is 4.25. The zero-order valence-corrected chi connectivity index (χ0v) is 8.14. The summed E-state index contributed by atoms with van der Waals surface area (Å²) in [6, 6.07) is 5.48. The Labute approximate surface area is 74.1 Å². The van der Waals surface area contributed by atoms with E-state index in [2.05, 4.69) is 20.8 Å². The van der Waals surface area contributed by atoms with Crippen LogP contribution in [0.15, 0.2) is 18.2 Å². The first-order valence-electron chi connectivity index (χ1n) is 4.19. The van der Waals surface area contributed by atoms with Crippen molar-refractivity contribution in [1.29, 1.82) is 0 Å². The molecule has 0 aliphatic heterocycles. The van der Waals surface area contributed by atoms with Crippen molar-refractivity contribution in [1.82, 2.24) is 0 Å². The molecule has 1 heteroatoms. The molecule has 0 N–H and O–H groups in total. The third-order valence-corrected chi connectivity index (χ3v) is 1.94. The van der Waals surface area contributed by atoms with E-state index in [0.717, 1.165) is 11.1 Å². The Bertz CT molecular complexity index is 282. The third kappa shape index (κ3) is 1.79. The van der Waals surface area contributed by atoms with E-state index in [-0.39, 0.29) is 11.2 Å². The van der Waals surface area contributed by atoms with E-state index in [9.17, 15) is 5.11 Å². The molecule has 0 fully saturated rings. The van der Waals surface area contributed by atoms with E-state index in [1.54, 1.807) is 6.07 Å². The van der Waals surface area contributed by atoms with Crippen molar-refractivity contribution < 1.29 is 5.11 Å². The first-order valence-corrected chi connectivity index (χ1v) is 4.19. The van der Waals surface area contributed by atoms with Crippen LogP contribution >= 0.6 is 0 Å². The average molecular weight is 163 g/mol. The minimum Gasteiger partial charge on any atom is -0.290 e. The topological polar surface area (TPSA) is 19.9 Å². The van der Waals surface area contributed by atoms with Gasteiger partial charge in [0.2, 0.25) is 0 Å². The van der Waals surface area contributed by atoms with Crippen LogP contribution in [-0.2, 0) is 10.5 Å². The monoisotopic (exact) mass is 163 g/mol. The Morgan fingerprint density at radius 1 is 1.17 bits per heavy atom. The predicted octanol–water partition coefficient (Wildman–Crippen LogP) is 3.44. The van der Waals surface area contributed by atoms with Crippen molar-refractivity contribution in [2.45, 2.75) is 33.1 Å². The number of benzene rings is 1. The minimum absolute atomic E-state index is 0.0386. The lowest BCUT2D eigenvalue weighted by atomic mass is 9.85. The van der Waals surface area contributed by atoms with E-state index in [4.69, 9.17) is 0 Å². The molecule has 0 unspecified atom stereocenters. The van der Waals surface area contributed by atoms with Crippen molar-refractivity contribution in [3.63, 3.8) is 0 Å². The van der Waals surface area contributed by atoms with Crippen LogP contribution in [0.4, 0.5) is 0 Å². The normalized spacial score (nSPS) is 11.7. The van der Waals surface area contributed by atoms with Crippen LogP contribution in [0.2, 0.25) is 0 Å². The molecule has 0 spiro atoms. The molecule has 0 heterocycles. The number of aryl methyl sites for hydroxylation is 1. The van der Waals surface area contributed by atoms with Gasteiger partial charge in [0.25, 0.3) is 0 Å². The zero-order chi connectivity index (χ0) is 9.35. The fourth-order valence-corrected chi connectivity index (χ4v) is 1.23. The summed E-state index contributed by atoms with van der Waals surface area (Å²) >= 11 is 0. The fourth-order valence-electron chi connectivity index (χ4n) is 1.23. The molecular formula is C11H15O. The van der Waals surface area contributed by atoms with Gasteiger partial charge in [0.05, 0.1) is 0 Å². The molecule has 0 aliphatic carbocycles. The molecule has 0 saturated heterocycles. The lowest BCUT2D eigenvalue weighted by Crippen LogP contribution is -2.11. The van der Waals surface area contributed by atoms with Crippen molar-refractivity contribution in [3.8, 4) is 5.75 Å². The van der Waals surface area contributed by atoms with Gasteiger partial charge >= 0.3 is 0 Å². The second kappa shape index (κ2) is 2.81. The van der Waals surface area contributed by atoms with E-state index in [1.807, 2.05) is 19.1 Å². The van der Waals surface area contributed by atoms with Crippen LogP contribution in [0.1, 0.15) is 31.9 Å². The van der Waals surface area contributed by atoms with E-state index in [0.29, 0.717) is 0 Å². The van der Waals surface area contributed by atoms with E-state index < -0.39 is 0 Å². The van der Waals surface area contributed by atoms with Gasteiger partial charge in [0.1, 0.15) is 0 Å². The van der Waals surface area contributed by atoms with Gasteiger partial charge < -0.3 is 0 Å². The van der Waals surface area contributed by atoms with Gasteiger partial charge in [-0.25, -0.2) is 0 Å². The largest absolute Gasteiger partial charge is 0.290 e. The van der Waals surface area contributed by atoms with Crippen LogP contribution in [0.5, 0.6) is 5.75 Å². The fraction of sp³-hybridized carbons (Fsp3) is 0.455.